The highest BCUT2D eigenvalue weighted by Crippen LogP contribution is 2.37. The molecule has 8 heteroatoms. The molecule has 2 fully saturated rings. The van der Waals surface area contributed by atoms with Crippen molar-refractivity contribution in [3.8, 4) is 0 Å². The number of aryl methyl sites for hydroxylation is 2. The number of carbonyl (C=O) groups excluding carboxylic acids is 2. The Labute approximate surface area is 208 Å². The molecule has 4 heterocycles. The summed E-state index contributed by atoms with van der Waals surface area (Å²) < 4.78 is 11.1. The summed E-state index contributed by atoms with van der Waals surface area (Å²) in [6.45, 7) is 8.01. The summed E-state index contributed by atoms with van der Waals surface area (Å²) in [7, 11) is 1.63. The Morgan fingerprint density at radius 1 is 1.14 bits per heavy atom. The number of nitrogens with zero attached hydrogens (tertiary/aromatic N) is 4. The zero-order chi connectivity index (χ0) is 24.8. The smallest absolute Gasteiger partial charge is 0.327 e. The van der Waals surface area contributed by atoms with Gasteiger partial charge in [-0.15, -0.1) is 0 Å². The number of hydrogen-bond donors (Lipinski definition) is 0. The van der Waals surface area contributed by atoms with Gasteiger partial charge in [-0.3, -0.25) is 14.7 Å². The molecule has 0 N–H and O–H groups in total. The molecule has 2 saturated heterocycles. The fourth-order valence-electron chi connectivity index (χ4n) is 5.33. The first-order valence-corrected chi connectivity index (χ1v) is 12.7. The second-order valence-corrected chi connectivity index (χ2v) is 9.86. The van der Waals surface area contributed by atoms with E-state index in [1.807, 2.05) is 31.3 Å². The number of hydrogen-bond acceptors (Lipinski definition) is 6. The lowest BCUT2D eigenvalue weighted by molar-refractivity contribution is -0.135. The summed E-state index contributed by atoms with van der Waals surface area (Å²) in [4.78, 5) is 36.8. The lowest BCUT2D eigenvalue weighted by atomic mass is 9.85. The number of ether oxygens (including phenoxy) is 1. The lowest BCUT2D eigenvalue weighted by Gasteiger charge is -2.42. The van der Waals surface area contributed by atoms with Crippen LogP contribution < -0.4 is 0 Å². The molecule has 2 aliphatic rings. The third-order valence-corrected chi connectivity index (χ3v) is 7.52. The van der Waals surface area contributed by atoms with Gasteiger partial charge in [0.05, 0.1) is 6.61 Å². The molecule has 0 aliphatic carbocycles. The first kappa shape index (κ1) is 25.4. The van der Waals surface area contributed by atoms with Crippen molar-refractivity contribution < 1.29 is 18.7 Å². The van der Waals surface area contributed by atoms with Crippen LogP contribution in [0.1, 0.15) is 55.6 Å². The van der Waals surface area contributed by atoms with Crippen molar-refractivity contribution in [2.75, 3.05) is 46.4 Å². The van der Waals surface area contributed by atoms with Crippen LogP contribution in [-0.4, -0.2) is 83.6 Å². The van der Waals surface area contributed by atoms with Crippen LogP contribution in [0.5, 0.6) is 0 Å². The predicted molar refractivity (Wildman–Crippen MR) is 133 cm³/mol. The molecule has 8 nitrogen and oxygen atoms in total. The highest BCUT2D eigenvalue weighted by molar-refractivity contribution is 6.07. The average Bonchev–Trinajstić information content (AvgIpc) is 3.39. The fourth-order valence-corrected chi connectivity index (χ4v) is 5.33. The summed E-state index contributed by atoms with van der Waals surface area (Å²) in [5, 5.41) is 0. The molecule has 0 saturated carbocycles. The summed E-state index contributed by atoms with van der Waals surface area (Å²) in [5.41, 5.74) is 0.370. The van der Waals surface area contributed by atoms with Crippen molar-refractivity contribution in [3.05, 3.63) is 53.7 Å². The van der Waals surface area contributed by atoms with Crippen LogP contribution in [0, 0.1) is 6.92 Å². The molecule has 35 heavy (non-hydrogen) atoms. The summed E-state index contributed by atoms with van der Waals surface area (Å²) in [6.07, 6.45) is 7.43. The molecule has 4 rings (SSSR count). The fraction of sp³-hybridized carbons (Fsp3) is 0.593. The lowest BCUT2D eigenvalue weighted by Crippen LogP contribution is -2.57. The maximum absolute atomic E-state index is 13.6. The number of piperidine rings is 1. The van der Waals surface area contributed by atoms with Gasteiger partial charge in [0.2, 0.25) is 0 Å². The summed E-state index contributed by atoms with van der Waals surface area (Å²) >= 11 is 0. The molecule has 0 radical (unpaired) electrons. The van der Waals surface area contributed by atoms with Crippen molar-refractivity contribution in [1.29, 1.82) is 0 Å². The average molecular weight is 483 g/mol. The molecule has 3 amide bonds. The quantitative estimate of drug-likeness (QED) is 0.453. The number of methoxy groups -OCH3 is 1. The van der Waals surface area contributed by atoms with Crippen molar-refractivity contribution in [2.45, 2.75) is 57.4 Å². The van der Waals surface area contributed by atoms with E-state index in [2.05, 4.69) is 22.9 Å². The van der Waals surface area contributed by atoms with Gasteiger partial charge >= 0.3 is 6.03 Å². The Hall–Kier alpha value is -2.71. The van der Waals surface area contributed by atoms with Crippen LogP contribution in [0.25, 0.3) is 0 Å². The van der Waals surface area contributed by atoms with Gasteiger partial charge < -0.3 is 19.0 Å². The first-order chi connectivity index (χ1) is 16.9. The minimum absolute atomic E-state index is 0.0381. The van der Waals surface area contributed by atoms with Gasteiger partial charge in [0.15, 0.2) is 0 Å². The van der Waals surface area contributed by atoms with Crippen molar-refractivity contribution in [1.82, 2.24) is 19.7 Å². The summed E-state index contributed by atoms with van der Waals surface area (Å²) in [5.74, 6) is 2.28. The van der Waals surface area contributed by atoms with Crippen LogP contribution in [0.15, 0.2) is 41.1 Å². The van der Waals surface area contributed by atoms with Crippen molar-refractivity contribution in [3.63, 3.8) is 0 Å². The third-order valence-electron chi connectivity index (χ3n) is 7.52. The normalized spacial score (nSPS) is 19.2. The number of rotatable bonds is 11. The van der Waals surface area contributed by atoms with E-state index in [4.69, 9.17) is 9.15 Å². The predicted octanol–water partition coefficient (Wildman–Crippen LogP) is 3.85. The molecule has 2 aliphatic heterocycles. The van der Waals surface area contributed by atoms with E-state index in [1.54, 1.807) is 18.2 Å². The molecule has 0 bridgehead atoms. The zero-order valence-electron chi connectivity index (χ0n) is 21.2. The standard InChI is InChI=1S/C27H38N4O4/c1-21(24-9-8-22(2)35-24)10-15-29-16-11-27(12-17-29)25(32)30(26(33)31(27)18-19-34-3)14-5-7-23-6-4-13-28-20-23/h4,6,8-9,13,20-21H,5,7,10-12,14-19H2,1-3H3. The molecule has 1 spiro atoms. The number of carbonyl (C=O) groups is 2. The second kappa shape index (κ2) is 11.4. The molecular formula is C27H38N4O4. The Kier molecular flexibility index (Phi) is 8.23. The molecular weight excluding hydrogens is 444 g/mol. The number of urea groups is 1. The Morgan fingerprint density at radius 3 is 2.60 bits per heavy atom. The van der Waals surface area contributed by atoms with E-state index in [-0.39, 0.29) is 11.9 Å². The van der Waals surface area contributed by atoms with Gasteiger partial charge in [-0.1, -0.05) is 13.0 Å². The van der Waals surface area contributed by atoms with E-state index in [9.17, 15) is 9.59 Å². The van der Waals surface area contributed by atoms with Gasteiger partial charge in [-0.2, -0.15) is 0 Å². The van der Waals surface area contributed by atoms with E-state index in [1.165, 1.54) is 4.90 Å². The molecule has 190 valence electrons. The molecule has 1 atom stereocenters. The Morgan fingerprint density at radius 2 is 1.94 bits per heavy atom. The zero-order valence-corrected chi connectivity index (χ0v) is 21.2. The van der Waals surface area contributed by atoms with Gasteiger partial charge in [-0.05, 0) is 69.3 Å². The highest BCUT2D eigenvalue weighted by atomic mass is 16.5. The van der Waals surface area contributed by atoms with E-state index in [0.717, 1.165) is 56.0 Å². The Bertz CT molecular complexity index is 984. The maximum Gasteiger partial charge on any atom is 0.327 e. The van der Waals surface area contributed by atoms with E-state index >= 15 is 0 Å². The van der Waals surface area contributed by atoms with E-state index in [0.29, 0.717) is 38.5 Å². The topological polar surface area (TPSA) is 79.1 Å². The highest BCUT2D eigenvalue weighted by Gasteiger charge is 2.57. The second-order valence-electron chi connectivity index (χ2n) is 9.86. The first-order valence-electron chi connectivity index (χ1n) is 12.7. The monoisotopic (exact) mass is 482 g/mol. The van der Waals surface area contributed by atoms with Gasteiger partial charge in [-0.25, -0.2) is 4.79 Å². The van der Waals surface area contributed by atoms with Crippen LogP contribution in [0.4, 0.5) is 4.79 Å². The third kappa shape index (κ3) is 5.59. The summed E-state index contributed by atoms with van der Waals surface area (Å²) in [6, 6.07) is 7.83. The number of furan rings is 1. The van der Waals surface area contributed by atoms with Gasteiger partial charge in [0.1, 0.15) is 17.1 Å². The van der Waals surface area contributed by atoms with Crippen molar-refractivity contribution >= 4 is 11.9 Å². The minimum atomic E-state index is -0.746. The number of amides is 3. The number of imide groups is 1. The minimum Gasteiger partial charge on any atom is -0.466 e. The number of pyridine rings is 1. The Balaban J connectivity index is 1.36. The van der Waals surface area contributed by atoms with Crippen molar-refractivity contribution in [2.24, 2.45) is 0 Å². The molecule has 2 aromatic rings. The SMILES string of the molecule is COCCN1C(=O)N(CCCc2cccnc2)C(=O)C12CCN(CCC(C)c1ccc(C)o1)CC2. The number of aromatic nitrogens is 1. The molecule has 2 aromatic heterocycles. The van der Waals surface area contributed by atoms with Gasteiger partial charge in [0, 0.05) is 51.6 Å². The number of likely N-dealkylation sites (tertiary alicyclic amines) is 1. The molecule has 1 unspecified atom stereocenters. The van der Waals surface area contributed by atoms with Gasteiger partial charge in [0.25, 0.3) is 5.91 Å². The van der Waals surface area contributed by atoms with Crippen LogP contribution in [0.2, 0.25) is 0 Å². The van der Waals surface area contributed by atoms with Crippen LogP contribution in [0.3, 0.4) is 0 Å². The van der Waals surface area contributed by atoms with Crippen LogP contribution in [-0.2, 0) is 16.0 Å². The maximum atomic E-state index is 13.6. The largest absolute Gasteiger partial charge is 0.466 e. The molecule has 0 aromatic carbocycles. The van der Waals surface area contributed by atoms with Crippen LogP contribution >= 0.6 is 0 Å². The van der Waals surface area contributed by atoms with E-state index < -0.39 is 5.54 Å².